The number of ether oxygens (including phenoxy) is 1. The van der Waals surface area contributed by atoms with Crippen LogP contribution in [0.15, 0.2) is 30.5 Å². The molecule has 1 aromatic heterocycles. The Balaban J connectivity index is 2.38. The molecule has 0 radical (unpaired) electrons. The number of H-pyrrole nitrogens is 1. The van der Waals surface area contributed by atoms with Gasteiger partial charge in [-0.15, -0.1) is 0 Å². The summed E-state index contributed by atoms with van der Waals surface area (Å²) in [4.78, 5) is 2.97. The van der Waals surface area contributed by atoms with E-state index in [-0.39, 0.29) is 0 Å². The topological polar surface area (TPSA) is 29.9 Å². The summed E-state index contributed by atoms with van der Waals surface area (Å²) in [5, 5.41) is 0. The van der Waals surface area contributed by atoms with Gasteiger partial charge in [-0.1, -0.05) is 18.2 Å². The van der Waals surface area contributed by atoms with E-state index in [1.54, 1.807) is 6.20 Å². The lowest BCUT2D eigenvalue weighted by Crippen LogP contribution is -2.11. The Hall–Kier alpha value is -1.55. The fourth-order valence-electron chi connectivity index (χ4n) is 1.69. The van der Waals surface area contributed by atoms with Crippen LogP contribution in [0.2, 0.25) is 0 Å². The van der Waals surface area contributed by atoms with Crippen LogP contribution in [-0.2, 0) is 6.61 Å². The maximum atomic E-state index is 5.54. The average Bonchev–Trinajstić information content (AvgIpc) is 2.61. The lowest BCUT2D eigenvalue weighted by atomic mass is 10.2. The Morgan fingerprint density at radius 1 is 1.36 bits per heavy atom. The molecule has 0 amide bonds. The highest BCUT2D eigenvalue weighted by molar-refractivity contribution is 7.71. The fraction of sp³-hybridized carbons (Fsp3) is 0.100. The first kappa shape index (κ1) is 7.82. The quantitative estimate of drug-likeness (QED) is 0.668. The molecule has 1 aromatic carbocycles. The summed E-state index contributed by atoms with van der Waals surface area (Å²) >= 11 is 5.18. The molecule has 1 aliphatic rings. The predicted molar refractivity (Wildman–Crippen MR) is 55.3 cm³/mol. The minimum Gasteiger partial charge on any atom is -0.473 e. The summed E-state index contributed by atoms with van der Waals surface area (Å²) in [5.74, 6) is 0.786. The van der Waals surface area contributed by atoms with Crippen LogP contribution in [0.5, 0.6) is 5.88 Å². The van der Waals surface area contributed by atoms with E-state index in [2.05, 4.69) is 4.98 Å². The van der Waals surface area contributed by atoms with Crippen molar-refractivity contribution in [2.75, 3.05) is 0 Å². The van der Waals surface area contributed by atoms with E-state index in [1.807, 2.05) is 28.8 Å². The van der Waals surface area contributed by atoms with E-state index in [9.17, 15) is 0 Å². The Morgan fingerprint density at radius 3 is 3.14 bits per heavy atom. The van der Waals surface area contributed by atoms with E-state index in [0.29, 0.717) is 11.4 Å². The largest absolute Gasteiger partial charge is 0.473 e. The maximum Gasteiger partial charge on any atom is 0.217 e. The van der Waals surface area contributed by atoms with E-state index >= 15 is 0 Å². The molecule has 4 heteroatoms. The van der Waals surface area contributed by atoms with E-state index in [1.165, 1.54) is 0 Å². The van der Waals surface area contributed by atoms with Gasteiger partial charge in [0.25, 0.3) is 0 Å². The number of aromatic amines is 1. The highest BCUT2D eigenvalue weighted by Gasteiger charge is 2.16. The van der Waals surface area contributed by atoms with Crippen molar-refractivity contribution in [1.29, 1.82) is 0 Å². The molecule has 14 heavy (non-hydrogen) atoms. The number of nitrogens with zero attached hydrogens (tertiary/aromatic N) is 1. The van der Waals surface area contributed by atoms with Crippen molar-refractivity contribution in [1.82, 2.24) is 9.55 Å². The number of nitrogens with one attached hydrogen (secondary N) is 1. The molecule has 0 unspecified atom stereocenters. The van der Waals surface area contributed by atoms with Crippen molar-refractivity contribution in [3.8, 4) is 11.6 Å². The van der Waals surface area contributed by atoms with Gasteiger partial charge >= 0.3 is 0 Å². The van der Waals surface area contributed by atoms with Crippen LogP contribution >= 0.6 is 12.2 Å². The number of rotatable bonds is 0. The fourth-order valence-corrected chi connectivity index (χ4v) is 1.94. The van der Waals surface area contributed by atoms with Crippen molar-refractivity contribution < 1.29 is 4.74 Å². The van der Waals surface area contributed by atoms with Crippen LogP contribution in [0.3, 0.4) is 0 Å². The molecule has 0 aliphatic carbocycles. The molecule has 0 saturated carbocycles. The molecule has 3 nitrogen and oxygen atoms in total. The third-order valence-corrected chi connectivity index (χ3v) is 2.65. The van der Waals surface area contributed by atoms with Gasteiger partial charge in [-0.25, -0.2) is 0 Å². The van der Waals surface area contributed by atoms with Gasteiger partial charge in [-0.3, -0.25) is 4.57 Å². The van der Waals surface area contributed by atoms with Gasteiger partial charge in [0, 0.05) is 5.56 Å². The summed E-state index contributed by atoms with van der Waals surface area (Å²) < 4.78 is 8.12. The second kappa shape index (κ2) is 2.72. The third kappa shape index (κ3) is 0.943. The van der Waals surface area contributed by atoms with Crippen LogP contribution < -0.4 is 4.74 Å². The zero-order chi connectivity index (χ0) is 9.54. The van der Waals surface area contributed by atoms with Crippen LogP contribution in [0.4, 0.5) is 0 Å². The average molecular weight is 204 g/mol. The Morgan fingerprint density at radius 2 is 2.21 bits per heavy atom. The molecule has 1 N–H and O–H groups in total. The number of aromatic nitrogens is 2. The van der Waals surface area contributed by atoms with E-state index in [4.69, 9.17) is 17.0 Å². The summed E-state index contributed by atoms with van der Waals surface area (Å²) in [5.41, 5.74) is 2.27. The second-order valence-corrected chi connectivity index (χ2v) is 3.57. The normalized spacial score (nSPS) is 12.9. The first-order chi connectivity index (χ1) is 6.86. The molecule has 0 atom stereocenters. The highest BCUT2D eigenvalue weighted by atomic mass is 32.1. The van der Waals surface area contributed by atoms with Crippen molar-refractivity contribution in [3.63, 3.8) is 0 Å². The second-order valence-electron chi connectivity index (χ2n) is 3.18. The Bertz CT molecular complexity index is 541. The lowest BCUT2D eigenvalue weighted by Gasteiger charge is -2.18. The molecule has 2 aromatic rings. The van der Waals surface area contributed by atoms with Gasteiger partial charge in [0.1, 0.15) is 6.61 Å². The van der Waals surface area contributed by atoms with Crippen LogP contribution in [0, 0.1) is 4.77 Å². The first-order valence-electron chi connectivity index (χ1n) is 4.38. The lowest BCUT2D eigenvalue weighted by molar-refractivity contribution is 0.275. The number of benzene rings is 1. The number of hydrogen-bond acceptors (Lipinski definition) is 2. The van der Waals surface area contributed by atoms with Gasteiger partial charge in [-0.2, -0.15) is 0 Å². The van der Waals surface area contributed by atoms with Gasteiger partial charge in [0.15, 0.2) is 4.77 Å². The minimum absolute atomic E-state index is 0.614. The number of para-hydroxylation sites is 1. The molecule has 0 fully saturated rings. The smallest absolute Gasteiger partial charge is 0.217 e. The summed E-state index contributed by atoms with van der Waals surface area (Å²) in [6.45, 7) is 0.614. The Kier molecular flexibility index (Phi) is 1.52. The molecule has 2 heterocycles. The summed E-state index contributed by atoms with van der Waals surface area (Å²) in [6.07, 6.45) is 1.79. The van der Waals surface area contributed by atoms with E-state index in [0.717, 1.165) is 17.1 Å². The molecular formula is C10H8N2OS. The molecule has 3 rings (SSSR count). The molecule has 1 aliphatic heterocycles. The van der Waals surface area contributed by atoms with Crippen molar-refractivity contribution in [2.45, 2.75) is 6.61 Å². The standard InChI is InChI=1S/C10H8N2OS/c14-10-11-5-9-12(10)8-4-2-1-3-7(8)6-13-9/h1-5H,6H2,(H,11,14). The van der Waals surface area contributed by atoms with Gasteiger partial charge in [0.2, 0.25) is 5.88 Å². The SMILES string of the molecule is S=c1[nH]cc2n1-c1ccccc1CO2. The molecule has 0 spiro atoms. The van der Waals surface area contributed by atoms with Crippen molar-refractivity contribution in [3.05, 3.63) is 40.8 Å². The van der Waals surface area contributed by atoms with Crippen LogP contribution in [-0.4, -0.2) is 9.55 Å². The van der Waals surface area contributed by atoms with E-state index < -0.39 is 0 Å². The zero-order valence-corrected chi connectivity index (χ0v) is 8.17. The number of fused-ring (bicyclic) bond motifs is 3. The third-order valence-electron chi connectivity index (χ3n) is 2.35. The number of hydrogen-bond donors (Lipinski definition) is 1. The van der Waals surface area contributed by atoms with Crippen molar-refractivity contribution >= 4 is 12.2 Å². The van der Waals surface area contributed by atoms with Gasteiger partial charge in [0.05, 0.1) is 11.9 Å². The van der Waals surface area contributed by atoms with Crippen molar-refractivity contribution in [2.24, 2.45) is 0 Å². The van der Waals surface area contributed by atoms with Gasteiger partial charge in [-0.05, 0) is 18.3 Å². The summed E-state index contributed by atoms with van der Waals surface area (Å²) in [6, 6.07) is 8.10. The van der Waals surface area contributed by atoms with Crippen LogP contribution in [0.1, 0.15) is 5.56 Å². The number of imidazole rings is 1. The Labute approximate surface area is 86.0 Å². The highest BCUT2D eigenvalue weighted by Crippen LogP contribution is 2.27. The minimum atomic E-state index is 0.614. The molecular weight excluding hydrogens is 196 g/mol. The molecule has 0 bridgehead atoms. The summed E-state index contributed by atoms with van der Waals surface area (Å²) in [7, 11) is 0. The zero-order valence-electron chi connectivity index (χ0n) is 7.36. The monoisotopic (exact) mass is 204 g/mol. The predicted octanol–water partition coefficient (Wildman–Crippen LogP) is 2.43. The van der Waals surface area contributed by atoms with Crippen LogP contribution in [0.25, 0.3) is 5.69 Å². The first-order valence-corrected chi connectivity index (χ1v) is 4.78. The molecule has 70 valence electrons. The maximum absolute atomic E-state index is 5.54. The molecule has 0 saturated heterocycles. The van der Waals surface area contributed by atoms with Gasteiger partial charge < -0.3 is 9.72 Å².